The summed E-state index contributed by atoms with van der Waals surface area (Å²) in [4.78, 5) is 2.39. The number of rotatable bonds is 14. The van der Waals surface area contributed by atoms with Crippen molar-refractivity contribution in [1.29, 1.82) is 0 Å². The van der Waals surface area contributed by atoms with Gasteiger partial charge in [0, 0.05) is 26.4 Å². The first-order valence-corrected chi connectivity index (χ1v) is 11.2. The Morgan fingerprint density at radius 2 is 1.77 bits per heavy atom. The highest BCUT2D eigenvalue weighted by Gasteiger charge is 2.53. The van der Waals surface area contributed by atoms with E-state index in [1.807, 2.05) is 0 Å². The van der Waals surface area contributed by atoms with Crippen molar-refractivity contribution in [3.05, 3.63) is 0 Å². The molecule has 3 heteroatoms. The van der Waals surface area contributed by atoms with Gasteiger partial charge in [-0.25, -0.2) is 0 Å². The Hall–Kier alpha value is -0.120. The lowest BCUT2D eigenvalue weighted by Gasteiger charge is -2.60. The van der Waals surface area contributed by atoms with Crippen molar-refractivity contribution < 1.29 is 9.47 Å². The molecule has 3 rings (SSSR count). The SMILES string of the molecule is CC(C)COCCN(C)CCCCCOCCC1CCC2CC1C2(C)C. The molecular weight excluding hydrogens is 322 g/mol. The first kappa shape index (κ1) is 22.2. The normalized spacial score (nSPS) is 27.1. The van der Waals surface area contributed by atoms with Crippen LogP contribution in [0.4, 0.5) is 0 Å². The van der Waals surface area contributed by atoms with E-state index in [0.29, 0.717) is 11.3 Å². The number of ether oxygens (including phenoxy) is 2. The van der Waals surface area contributed by atoms with Gasteiger partial charge in [0.1, 0.15) is 0 Å². The van der Waals surface area contributed by atoms with Crippen LogP contribution in [-0.4, -0.2) is 51.5 Å². The molecule has 0 N–H and O–H groups in total. The molecule has 0 spiro atoms. The monoisotopic (exact) mass is 367 g/mol. The summed E-state index contributed by atoms with van der Waals surface area (Å²) in [5.74, 6) is 3.56. The van der Waals surface area contributed by atoms with Crippen LogP contribution in [0.15, 0.2) is 0 Å². The number of nitrogens with zero attached hydrogens (tertiary/aromatic N) is 1. The van der Waals surface area contributed by atoms with Crippen molar-refractivity contribution in [2.75, 3.05) is 46.6 Å². The highest BCUT2D eigenvalue weighted by atomic mass is 16.5. The molecule has 154 valence electrons. The molecular formula is C23H45NO2. The molecule has 0 saturated heterocycles. The van der Waals surface area contributed by atoms with E-state index in [2.05, 4.69) is 39.6 Å². The minimum atomic E-state index is 0.620. The van der Waals surface area contributed by atoms with Crippen molar-refractivity contribution in [3.8, 4) is 0 Å². The van der Waals surface area contributed by atoms with E-state index < -0.39 is 0 Å². The molecule has 3 fully saturated rings. The second kappa shape index (κ2) is 11.0. The molecule has 0 radical (unpaired) electrons. The van der Waals surface area contributed by atoms with Crippen LogP contribution < -0.4 is 0 Å². The van der Waals surface area contributed by atoms with Gasteiger partial charge in [0.05, 0.1) is 6.61 Å². The smallest absolute Gasteiger partial charge is 0.0593 e. The predicted octanol–water partition coefficient (Wildman–Crippen LogP) is 5.24. The van der Waals surface area contributed by atoms with Crippen LogP contribution in [0.3, 0.4) is 0 Å². The molecule has 3 unspecified atom stereocenters. The van der Waals surface area contributed by atoms with Crippen molar-refractivity contribution in [1.82, 2.24) is 4.90 Å². The summed E-state index contributed by atoms with van der Waals surface area (Å²) in [6, 6.07) is 0. The molecule has 3 aliphatic rings. The van der Waals surface area contributed by atoms with Crippen molar-refractivity contribution in [2.24, 2.45) is 29.1 Å². The van der Waals surface area contributed by atoms with Crippen molar-refractivity contribution in [3.63, 3.8) is 0 Å². The maximum atomic E-state index is 5.95. The lowest BCUT2D eigenvalue weighted by Crippen LogP contribution is -2.52. The third-order valence-corrected chi connectivity index (χ3v) is 7.03. The van der Waals surface area contributed by atoms with Gasteiger partial charge in [-0.2, -0.15) is 0 Å². The zero-order chi connectivity index (χ0) is 19.0. The first-order chi connectivity index (χ1) is 12.4. The summed E-state index contributed by atoms with van der Waals surface area (Å²) in [5, 5.41) is 0. The summed E-state index contributed by atoms with van der Waals surface area (Å²) in [6.07, 6.45) is 9.45. The van der Waals surface area contributed by atoms with Crippen LogP contribution in [0.1, 0.15) is 72.6 Å². The standard InChI is InChI=1S/C23H45NO2/c1-19(2)18-26-16-13-24(5)12-7-6-8-14-25-15-11-20-9-10-21-17-22(20)23(21,3)4/h19-22H,6-18H2,1-5H3. The fraction of sp³-hybridized carbons (Fsp3) is 1.00. The third kappa shape index (κ3) is 6.80. The number of fused-ring (bicyclic) bond motifs is 2. The molecule has 2 bridgehead atoms. The first-order valence-electron chi connectivity index (χ1n) is 11.2. The molecule has 3 saturated carbocycles. The Labute approximate surface area is 163 Å². The molecule has 26 heavy (non-hydrogen) atoms. The van der Waals surface area contributed by atoms with Gasteiger partial charge >= 0.3 is 0 Å². The van der Waals surface area contributed by atoms with E-state index in [-0.39, 0.29) is 0 Å². The predicted molar refractivity (Wildman–Crippen MR) is 111 cm³/mol. The van der Waals surface area contributed by atoms with E-state index in [1.54, 1.807) is 0 Å². The highest BCUT2D eigenvalue weighted by Crippen LogP contribution is 2.61. The van der Waals surface area contributed by atoms with Crippen LogP contribution in [0.25, 0.3) is 0 Å². The average Bonchev–Trinajstić information content (AvgIpc) is 2.60. The fourth-order valence-electron chi connectivity index (χ4n) is 5.06. The second-order valence-corrected chi connectivity index (χ2v) is 9.93. The maximum Gasteiger partial charge on any atom is 0.0593 e. The Bertz CT molecular complexity index is 380. The van der Waals surface area contributed by atoms with E-state index in [4.69, 9.17) is 9.47 Å². The molecule has 3 aliphatic carbocycles. The average molecular weight is 368 g/mol. The molecule has 0 aliphatic heterocycles. The van der Waals surface area contributed by atoms with Gasteiger partial charge in [0.15, 0.2) is 0 Å². The number of hydrogen-bond acceptors (Lipinski definition) is 3. The van der Waals surface area contributed by atoms with Gasteiger partial charge in [0.2, 0.25) is 0 Å². The fourth-order valence-corrected chi connectivity index (χ4v) is 5.06. The number of likely N-dealkylation sites (N-methyl/N-ethyl adjacent to an activating group) is 1. The molecule has 3 nitrogen and oxygen atoms in total. The Kier molecular flexibility index (Phi) is 9.40. The minimum absolute atomic E-state index is 0.620. The summed E-state index contributed by atoms with van der Waals surface area (Å²) < 4.78 is 11.6. The Morgan fingerprint density at radius 1 is 0.962 bits per heavy atom. The van der Waals surface area contributed by atoms with Crippen molar-refractivity contribution >= 4 is 0 Å². The lowest BCUT2D eigenvalue weighted by atomic mass is 9.45. The molecule has 3 atom stereocenters. The van der Waals surface area contributed by atoms with Gasteiger partial charge < -0.3 is 14.4 Å². The number of unbranched alkanes of at least 4 members (excludes halogenated alkanes) is 2. The van der Waals surface area contributed by atoms with Crippen LogP contribution in [-0.2, 0) is 9.47 Å². The van der Waals surface area contributed by atoms with E-state index in [9.17, 15) is 0 Å². The minimum Gasteiger partial charge on any atom is -0.381 e. The lowest BCUT2D eigenvalue weighted by molar-refractivity contribution is -0.111. The molecule has 0 aromatic rings. The van der Waals surface area contributed by atoms with Gasteiger partial charge in [0.25, 0.3) is 0 Å². The third-order valence-electron chi connectivity index (χ3n) is 7.03. The Morgan fingerprint density at radius 3 is 2.46 bits per heavy atom. The molecule has 0 aromatic carbocycles. The summed E-state index contributed by atoms with van der Waals surface area (Å²) in [7, 11) is 2.20. The van der Waals surface area contributed by atoms with Crippen LogP contribution in [0.2, 0.25) is 0 Å². The zero-order valence-corrected chi connectivity index (χ0v) is 18.3. The Balaban J connectivity index is 1.37. The van der Waals surface area contributed by atoms with Crippen LogP contribution >= 0.6 is 0 Å². The van der Waals surface area contributed by atoms with E-state index in [1.165, 1.54) is 51.5 Å². The van der Waals surface area contributed by atoms with Gasteiger partial charge in [-0.15, -0.1) is 0 Å². The van der Waals surface area contributed by atoms with E-state index >= 15 is 0 Å². The highest BCUT2D eigenvalue weighted by molar-refractivity contribution is 5.03. The molecule has 0 amide bonds. The topological polar surface area (TPSA) is 21.7 Å². The molecule has 0 aromatic heterocycles. The summed E-state index contributed by atoms with van der Waals surface area (Å²) >= 11 is 0. The second-order valence-electron chi connectivity index (χ2n) is 9.93. The largest absolute Gasteiger partial charge is 0.381 e. The van der Waals surface area contributed by atoms with Gasteiger partial charge in [-0.05, 0) is 87.6 Å². The number of hydrogen-bond donors (Lipinski definition) is 0. The van der Waals surface area contributed by atoms with Crippen LogP contribution in [0, 0.1) is 29.1 Å². The van der Waals surface area contributed by atoms with E-state index in [0.717, 1.165) is 50.7 Å². The summed E-state index contributed by atoms with van der Waals surface area (Å²) in [5.41, 5.74) is 0.620. The summed E-state index contributed by atoms with van der Waals surface area (Å²) in [6.45, 7) is 15.3. The van der Waals surface area contributed by atoms with Crippen LogP contribution in [0.5, 0.6) is 0 Å². The van der Waals surface area contributed by atoms with Crippen molar-refractivity contribution in [2.45, 2.75) is 72.6 Å². The van der Waals surface area contributed by atoms with Gasteiger partial charge in [-0.3, -0.25) is 0 Å². The quantitative estimate of drug-likeness (QED) is 0.392. The van der Waals surface area contributed by atoms with Gasteiger partial charge in [-0.1, -0.05) is 27.7 Å². The maximum absolute atomic E-state index is 5.95. The zero-order valence-electron chi connectivity index (χ0n) is 18.3. The molecule has 0 heterocycles.